The van der Waals surface area contributed by atoms with Crippen molar-refractivity contribution in [3.05, 3.63) is 23.8 Å². The summed E-state index contributed by atoms with van der Waals surface area (Å²) in [5.74, 6) is 0.718. The summed E-state index contributed by atoms with van der Waals surface area (Å²) in [7, 11) is 1.37. The molecule has 0 spiro atoms. The van der Waals surface area contributed by atoms with Gasteiger partial charge in [0.2, 0.25) is 0 Å². The molecule has 0 aromatic heterocycles. The van der Waals surface area contributed by atoms with E-state index in [0.717, 1.165) is 18.0 Å². The molecule has 1 heterocycles. The minimum Gasteiger partial charge on any atom is -0.465 e. The van der Waals surface area contributed by atoms with E-state index in [4.69, 9.17) is 10.5 Å². The number of hydrogen-bond donors (Lipinski definition) is 1. The van der Waals surface area contributed by atoms with Crippen LogP contribution in [0.25, 0.3) is 0 Å². The van der Waals surface area contributed by atoms with E-state index in [0.29, 0.717) is 22.5 Å². The van der Waals surface area contributed by atoms with E-state index < -0.39 is 0 Å². The molecule has 1 fully saturated rings. The molecule has 1 aliphatic heterocycles. The van der Waals surface area contributed by atoms with Crippen molar-refractivity contribution in [3.63, 3.8) is 0 Å². The summed E-state index contributed by atoms with van der Waals surface area (Å²) < 4.78 is 4.77. The Morgan fingerprint density at radius 3 is 2.89 bits per heavy atom. The standard InChI is InChI=1S/C14H20N2O2S/c1-9-10(2)19-7-6-16(9)11-4-5-13(15)12(8-11)14(17)18-3/h4-5,8-10H,6-7,15H2,1-3H3. The lowest BCUT2D eigenvalue weighted by Crippen LogP contribution is -2.44. The molecule has 2 unspecified atom stereocenters. The maximum atomic E-state index is 11.7. The van der Waals surface area contributed by atoms with Crippen LogP contribution in [0, 0.1) is 0 Å². The highest BCUT2D eigenvalue weighted by atomic mass is 32.2. The summed E-state index contributed by atoms with van der Waals surface area (Å²) in [6, 6.07) is 6.02. The minimum absolute atomic E-state index is 0.383. The SMILES string of the molecule is COC(=O)c1cc(N2CCSC(C)C2C)ccc1N. The van der Waals surface area contributed by atoms with Crippen molar-refractivity contribution in [1.82, 2.24) is 0 Å². The number of hydrogen-bond acceptors (Lipinski definition) is 5. The number of anilines is 2. The van der Waals surface area contributed by atoms with Crippen LogP contribution in [0.1, 0.15) is 24.2 Å². The molecular weight excluding hydrogens is 260 g/mol. The van der Waals surface area contributed by atoms with E-state index in [1.54, 1.807) is 6.07 Å². The van der Waals surface area contributed by atoms with Crippen molar-refractivity contribution >= 4 is 29.1 Å². The Morgan fingerprint density at radius 1 is 1.47 bits per heavy atom. The maximum Gasteiger partial charge on any atom is 0.340 e. The number of methoxy groups -OCH3 is 1. The van der Waals surface area contributed by atoms with Gasteiger partial charge in [-0.15, -0.1) is 0 Å². The number of nitrogen functional groups attached to an aromatic ring is 1. The Hall–Kier alpha value is -1.36. The molecule has 0 amide bonds. The molecule has 0 bridgehead atoms. The quantitative estimate of drug-likeness (QED) is 0.666. The summed E-state index contributed by atoms with van der Waals surface area (Å²) in [4.78, 5) is 14.0. The van der Waals surface area contributed by atoms with Crippen LogP contribution in [0.3, 0.4) is 0 Å². The van der Waals surface area contributed by atoms with Crippen LogP contribution < -0.4 is 10.6 Å². The average molecular weight is 280 g/mol. The minimum atomic E-state index is -0.383. The first-order valence-electron chi connectivity index (χ1n) is 6.40. The molecular formula is C14H20N2O2S. The number of carbonyl (C=O) groups excluding carboxylic acids is 1. The maximum absolute atomic E-state index is 11.7. The van der Waals surface area contributed by atoms with Crippen molar-refractivity contribution < 1.29 is 9.53 Å². The fourth-order valence-corrected chi connectivity index (χ4v) is 3.41. The molecule has 1 aromatic carbocycles. The number of benzene rings is 1. The fraction of sp³-hybridized carbons (Fsp3) is 0.500. The second-order valence-corrected chi connectivity index (χ2v) is 6.26. The highest BCUT2D eigenvalue weighted by Gasteiger charge is 2.26. The van der Waals surface area contributed by atoms with Crippen molar-refractivity contribution in [2.45, 2.75) is 25.1 Å². The Morgan fingerprint density at radius 2 is 2.21 bits per heavy atom. The van der Waals surface area contributed by atoms with E-state index >= 15 is 0 Å². The van der Waals surface area contributed by atoms with E-state index in [-0.39, 0.29) is 5.97 Å². The highest BCUT2D eigenvalue weighted by Crippen LogP contribution is 2.30. The van der Waals surface area contributed by atoms with Gasteiger partial charge in [-0.1, -0.05) is 6.92 Å². The van der Waals surface area contributed by atoms with Gasteiger partial charge in [-0.25, -0.2) is 4.79 Å². The van der Waals surface area contributed by atoms with Gasteiger partial charge in [0.15, 0.2) is 0 Å². The molecule has 2 atom stereocenters. The molecule has 5 heteroatoms. The number of nitrogens with two attached hydrogens (primary N) is 1. The van der Waals surface area contributed by atoms with Gasteiger partial charge in [-0.2, -0.15) is 11.8 Å². The molecule has 1 aromatic rings. The molecule has 1 saturated heterocycles. The van der Waals surface area contributed by atoms with Crippen LogP contribution in [0.2, 0.25) is 0 Å². The van der Waals surface area contributed by atoms with Crippen LogP contribution in [-0.2, 0) is 4.74 Å². The van der Waals surface area contributed by atoms with Gasteiger partial charge < -0.3 is 15.4 Å². The molecule has 0 radical (unpaired) electrons. The predicted octanol–water partition coefficient (Wildman–Crippen LogP) is 2.39. The third-order valence-electron chi connectivity index (χ3n) is 3.66. The molecule has 19 heavy (non-hydrogen) atoms. The van der Waals surface area contributed by atoms with Gasteiger partial charge in [0, 0.05) is 35.0 Å². The number of ether oxygens (including phenoxy) is 1. The lowest BCUT2D eigenvalue weighted by Gasteiger charge is -2.39. The van der Waals surface area contributed by atoms with Crippen molar-refractivity contribution in [1.29, 1.82) is 0 Å². The van der Waals surface area contributed by atoms with Crippen molar-refractivity contribution in [2.75, 3.05) is 30.0 Å². The summed E-state index contributed by atoms with van der Waals surface area (Å²) in [6.07, 6.45) is 0. The lowest BCUT2D eigenvalue weighted by molar-refractivity contribution is 0.0602. The number of nitrogens with zero attached hydrogens (tertiary/aromatic N) is 1. The molecule has 0 saturated carbocycles. The van der Waals surface area contributed by atoms with Crippen LogP contribution in [0.4, 0.5) is 11.4 Å². The van der Waals surface area contributed by atoms with Gasteiger partial charge in [-0.05, 0) is 25.1 Å². The molecule has 1 aliphatic rings. The van der Waals surface area contributed by atoms with Gasteiger partial charge in [-0.3, -0.25) is 0 Å². The summed E-state index contributed by atoms with van der Waals surface area (Å²) in [5.41, 5.74) is 7.77. The Labute approximate surface area is 118 Å². The monoisotopic (exact) mass is 280 g/mol. The number of thioether (sulfide) groups is 1. The third kappa shape index (κ3) is 2.81. The Balaban J connectivity index is 2.32. The summed E-state index contributed by atoms with van der Waals surface area (Å²) in [5, 5.41) is 0.577. The first kappa shape index (κ1) is 14.1. The number of esters is 1. The van der Waals surface area contributed by atoms with Crippen molar-refractivity contribution in [3.8, 4) is 0 Å². The van der Waals surface area contributed by atoms with Gasteiger partial charge in [0.1, 0.15) is 0 Å². The van der Waals surface area contributed by atoms with Gasteiger partial charge in [0.25, 0.3) is 0 Å². The van der Waals surface area contributed by atoms with Gasteiger partial charge in [0.05, 0.1) is 12.7 Å². The molecule has 104 valence electrons. The van der Waals surface area contributed by atoms with E-state index in [2.05, 4.69) is 18.7 Å². The zero-order valence-electron chi connectivity index (χ0n) is 11.6. The largest absolute Gasteiger partial charge is 0.465 e. The number of rotatable bonds is 2. The van der Waals surface area contributed by atoms with Crippen LogP contribution in [-0.4, -0.2) is 36.7 Å². The van der Waals surface area contributed by atoms with Crippen LogP contribution in [0.5, 0.6) is 0 Å². The molecule has 2 rings (SSSR count). The highest BCUT2D eigenvalue weighted by molar-refractivity contribution is 8.00. The molecule has 2 N–H and O–H groups in total. The van der Waals surface area contributed by atoms with E-state index in [1.165, 1.54) is 7.11 Å². The summed E-state index contributed by atoms with van der Waals surface area (Å²) in [6.45, 7) is 5.44. The first-order valence-corrected chi connectivity index (χ1v) is 7.45. The zero-order valence-corrected chi connectivity index (χ0v) is 12.4. The normalized spacial score (nSPS) is 23.2. The second kappa shape index (κ2) is 5.74. The topological polar surface area (TPSA) is 55.6 Å². The zero-order chi connectivity index (χ0) is 14.0. The van der Waals surface area contributed by atoms with Crippen LogP contribution >= 0.6 is 11.8 Å². The van der Waals surface area contributed by atoms with E-state index in [9.17, 15) is 4.79 Å². The lowest BCUT2D eigenvalue weighted by atomic mass is 10.1. The number of carbonyl (C=O) groups is 1. The third-order valence-corrected chi connectivity index (χ3v) is 5.00. The Kier molecular flexibility index (Phi) is 4.24. The predicted molar refractivity (Wildman–Crippen MR) is 80.9 cm³/mol. The van der Waals surface area contributed by atoms with Crippen molar-refractivity contribution in [2.24, 2.45) is 0 Å². The summed E-state index contributed by atoms with van der Waals surface area (Å²) >= 11 is 1.98. The van der Waals surface area contributed by atoms with Gasteiger partial charge >= 0.3 is 5.97 Å². The van der Waals surface area contributed by atoms with E-state index in [1.807, 2.05) is 23.9 Å². The molecule has 0 aliphatic carbocycles. The Bertz CT molecular complexity index is 479. The molecule has 4 nitrogen and oxygen atoms in total. The average Bonchev–Trinajstić information content (AvgIpc) is 2.42. The fourth-order valence-electron chi connectivity index (χ4n) is 2.31. The van der Waals surface area contributed by atoms with Crippen LogP contribution in [0.15, 0.2) is 18.2 Å². The second-order valence-electron chi connectivity index (χ2n) is 4.77. The first-order chi connectivity index (χ1) is 9.04. The smallest absolute Gasteiger partial charge is 0.340 e.